The Balaban J connectivity index is 1.33. The van der Waals surface area contributed by atoms with Gasteiger partial charge in [-0.3, -0.25) is 14.8 Å². The summed E-state index contributed by atoms with van der Waals surface area (Å²) in [5.41, 5.74) is 3.88. The molecule has 0 unspecified atom stereocenters. The van der Waals surface area contributed by atoms with Crippen molar-refractivity contribution in [1.82, 2.24) is 24.8 Å². The van der Waals surface area contributed by atoms with E-state index in [0.717, 1.165) is 53.8 Å². The molecule has 9 heteroatoms. The number of halogens is 1. The molecule has 0 bridgehead atoms. The fourth-order valence-corrected chi connectivity index (χ4v) is 4.98. The molecule has 0 aliphatic carbocycles. The van der Waals surface area contributed by atoms with Gasteiger partial charge in [0.15, 0.2) is 0 Å². The standard InChI is InChI=1S/C25H27FN6O2/c1-15(18-11-22(34-3)29-12-20(18)26)24(33)32-9-6-25(14-32)5-4-17-10-19(16(2)30-23(17)31-25)21-13-27-7-8-28-21/h7-8,10-13,15H,4-6,9,14H2,1-3H3,(H,30,31)/t15-,25+/m1/s1. The number of fused-ring (bicyclic) bond motifs is 1. The number of likely N-dealkylation sites (tertiary alicyclic amines) is 1. The Morgan fingerprint density at radius 1 is 1.24 bits per heavy atom. The Morgan fingerprint density at radius 3 is 2.85 bits per heavy atom. The summed E-state index contributed by atoms with van der Waals surface area (Å²) in [5, 5.41) is 3.64. The van der Waals surface area contributed by atoms with E-state index in [0.29, 0.717) is 24.5 Å². The molecule has 1 spiro atoms. The van der Waals surface area contributed by atoms with Crippen LogP contribution in [-0.4, -0.2) is 56.5 Å². The molecule has 0 saturated carbocycles. The second-order valence-corrected chi connectivity index (χ2v) is 9.10. The molecule has 1 N–H and O–H groups in total. The van der Waals surface area contributed by atoms with Crippen LogP contribution in [0.15, 0.2) is 36.9 Å². The summed E-state index contributed by atoms with van der Waals surface area (Å²) >= 11 is 0. The van der Waals surface area contributed by atoms with Crippen molar-refractivity contribution in [1.29, 1.82) is 0 Å². The minimum Gasteiger partial charge on any atom is -0.481 e. The zero-order valence-electron chi connectivity index (χ0n) is 19.5. The number of amides is 1. The number of rotatable bonds is 4. The van der Waals surface area contributed by atoms with E-state index in [1.165, 1.54) is 13.2 Å². The van der Waals surface area contributed by atoms with Crippen molar-refractivity contribution >= 4 is 11.7 Å². The molecule has 5 rings (SSSR count). The Hall–Kier alpha value is -3.62. The molecule has 1 amide bonds. The van der Waals surface area contributed by atoms with Crippen LogP contribution in [0.4, 0.5) is 10.2 Å². The first kappa shape index (κ1) is 22.2. The van der Waals surface area contributed by atoms with Gasteiger partial charge in [-0.2, -0.15) is 0 Å². The van der Waals surface area contributed by atoms with Crippen LogP contribution in [0.2, 0.25) is 0 Å². The van der Waals surface area contributed by atoms with E-state index in [1.54, 1.807) is 25.5 Å². The third kappa shape index (κ3) is 3.95. The predicted octanol–water partition coefficient (Wildman–Crippen LogP) is 3.52. The number of nitrogens with zero attached hydrogens (tertiary/aromatic N) is 5. The monoisotopic (exact) mass is 462 g/mol. The molecular formula is C25H27FN6O2. The van der Waals surface area contributed by atoms with Gasteiger partial charge in [-0.05, 0) is 44.7 Å². The quantitative estimate of drug-likeness (QED) is 0.634. The maximum absolute atomic E-state index is 14.4. The van der Waals surface area contributed by atoms with Crippen LogP contribution in [0.25, 0.3) is 11.3 Å². The summed E-state index contributed by atoms with van der Waals surface area (Å²) in [7, 11) is 1.47. The van der Waals surface area contributed by atoms with Crippen molar-refractivity contribution in [2.45, 2.75) is 44.6 Å². The first-order valence-corrected chi connectivity index (χ1v) is 11.4. The highest BCUT2D eigenvalue weighted by Gasteiger charge is 2.43. The zero-order chi connectivity index (χ0) is 23.9. The molecule has 0 radical (unpaired) electrons. The number of ether oxygens (including phenoxy) is 1. The first-order chi connectivity index (χ1) is 16.4. The van der Waals surface area contributed by atoms with E-state index in [1.807, 2.05) is 11.8 Å². The number of pyridine rings is 2. The molecule has 1 fully saturated rings. The lowest BCUT2D eigenvalue weighted by Gasteiger charge is -2.36. The van der Waals surface area contributed by atoms with Crippen molar-refractivity contribution < 1.29 is 13.9 Å². The lowest BCUT2D eigenvalue weighted by Crippen LogP contribution is -2.46. The largest absolute Gasteiger partial charge is 0.481 e. The summed E-state index contributed by atoms with van der Waals surface area (Å²) in [4.78, 5) is 32.4. The normalized spacial score (nSPS) is 20.1. The van der Waals surface area contributed by atoms with Gasteiger partial charge in [-0.25, -0.2) is 14.4 Å². The molecule has 0 aromatic carbocycles. The number of carbonyl (C=O) groups is 1. The van der Waals surface area contributed by atoms with E-state index in [9.17, 15) is 9.18 Å². The van der Waals surface area contributed by atoms with Crippen LogP contribution in [0, 0.1) is 12.7 Å². The molecule has 2 aliphatic heterocycles. The highest BCUT2D eigenvalue weighted by molar-refractivity contribution is 5.84. The second kappa shape index (κ2) is 8.62. The lowest BCUT2D eigenvalue weighted by atomic mass is 9.86. The van der Waals surface area contributed by atoms with Crippen molar-refractivity contribution in [3.8, 4) is 17.1 Å². The Labute approximate surface area is 197 Å². The number of aromatic nitrogens is 4. The molecule has 2 aliphatic rings. The SMILES string of the molecule is COc1cc([C@@H](C)C(=O)N2CC[C@@]3(CCc4cc(-c5cnccn5)c(C)nc4N3)C2)c(F)cn1. The Morgan fingerprint density at radius 2 is 2.09 bits per heavy atom. The van der Waals surface area contributed by atoms with Crippen LogP contribution in [0.1, 0.15) is 42.5 Å². The molecule has 2 atom stereocenters. The highest BCUT2D eigenvalue weighted by atomic mass is 19.1. The third-order valence-electron chi connectivity index (χ3n) is 6.96. The second-order valence-electron chi connectivity index (χ2n) is 9.10. The zero-order valence-corrected chi connectivity index (χ0v) is 19.5. The topological polar surface area (TPSA) is 93.1 Å². The molecule has 3 aromatic rings. The smallest absolute Gasteiger partial charge is 0.230 e. The van der Waals surface area contributed by atoms with Crippen LogP contribution in [0.3, 0.4) is 0 Å². The number of carbonyl (C=O) groups excluding carboxylic acids is 1. The Kier molecular flexibility index (Phi) is 5.63. The van der Waals surface area contributed by atoms with Gasteiger partial charge in [-0.15, -0.1) is 0 Å². The summed E-state index contributed by atoms with van der Waals surface area (Å²) in [6.07, 6.45) is 8.75. The van der Waals surface area contributed by atoms with Crippen molar-refractivity contribution in [3.63, 3.8) is 0 Å². The molecule has 5 heterocycles. The van der Waals surface area contributed by atoms with Crippen molar-refractivity contribution in [2.24, 2.45) is 0 Å². The summed E-state index contributed by atoms with van der Waals surface area (Å²) < 4.78 is 19.5. The van der Waals surface area contributed by atoms with Crippen LogP contribution in [0.5, 0.6) is 5.88 Å². The molecule has 34 heavy (non-hydrogen) atoms. The minimum atomic E-state index is -0.627. The minimum absolute atomic E-state index is 0.0984. The molecular weight excluding hydrogens is 435 g/mol. The predicted molar refractivity (Wildman–Crippen MR) is 125 cm³/mol. The number of anilines is 1. The maximum atomic E-state index is 14.4. The van der Waals surface area contributed by atoms with Gasteiger partial charge >= 0.3 is 0 Å². The summed E-state index contributed by atoms with van der Waals surface area (Å²) in [6, 6.07) is 3.64. The van der Waals surface area contributed by atoms with E-state index >= 15 is 0 Å². The fraction of sp³-hybridized carbons (Fsp3) is 0.400. The van der Waals surface area contributed by atoms with Crippen LogP contribution in [-0.2, 0) is 11.2 Å². The van der Waals surface area contributed by atoms with Crippen molar-refractivity contribution in [2.75, 3.05) is 25.5 Å². The van der Waals surface area contributed by atoms with Gasteiger partial charge in [0.25, 0.3) is 0 Å². The number of aryl methyl sites for hydroxylation is 2. The van der Waals surface area contributed by atoms with E-state index in [-0.39, 0.29) is 11.4 Å². The number of methoxy groups -OCH3 is 1. The third-order valence-corrected chi connectivity index (χ3v) is 6.96. The van der Waals surface area contributed by atoms with E-state index in [2.05, 4.69) is 26.3 Å². The number of hydrogen-bond donors (Lipinski definition) is 1. The van der Waals surface area contributed by atoms with Gasteiger partial charge in [0.05, 0.1) is 36.7 Å². The molecule has 3 aromatic heterocycles. The van der Waals surface area contributed by atoms with Gasteiger partial charge < -0.3 is 15.0 Å². The summed E-state index contributed by atoms with van der Waals surface area (Å²) in [6.45, 7) is 4.88. The Bertz CT molecular complexity index is 1240. The van der Waals surface area contributed by atoms with Gasteiger partial charge in [0.2, 0.25) is 11.8 Å². The van der Waals surface area contributed by atoms with Crippen molar-refractivity contribution in [3.05, 3.63) is 59.6 Å². The number of nitrogens with one attached hydrogen (secondary N) is 1. The summed E-state index contributed by atoms with van der Waals surface area (Å²) in [5.74, 6) is -0.0686. The average molecular weight is 463 g/mol. The molecule has 8 nitrogen and oxygen atoms in total. The highest BCUT2D eigenvalue weighted by Crippen LogP contribution is 2.39. The van der Waals surface area contributed by atoms with E-state index in [4.69, 9.17) is 9.72 Å². The number of hydrogen-bond acceptors (Lipinski definition) is 7. The average Bonchev–Trinajstić information content (AvgIpc) is 3.26. The fourth-order valence-electron chi connectivity index (χ4n) is 4.98. The van der Waals surface area contributed by atoms with Gasteiger partial charge in [-0.1, -0.05) is 0 Å². The first-order valence-electron chi connectivity index (χ1n) is 11.4. The lowest BCUT2D eigenvalue weighted by molar-refractivity contribution is -0.131. The van der Waals surface area contributed by atoms with Gasteiger partial charge in [0, 0.05) is 48.4 Å². The maximum Gasteiger partial charge on any atom is 0.230 e. The molecule has 1 saturated heterocycles. The van der Waals surface area contributed by atoms with Crippen LogP contribution < -0.4 is 10.1 Å². The van der Waals surface area contributed by atoms with E-state index < -0.39 is 11.7 Å². The van der Waals surface area contributed by atoms with Crippen LogP contribution >= 0.6 is 0 Å². The van der Waals surface area contributed by atoms with Gasteiger partial charge in [0.1, 0.15) is 11.6 Å². The molecule has 176 valence electrons.